The Kier molecular flexibility index (Phi) is 3.40. The molecule has 4 atom stereocenters. The van der Waals surface area contributed by atoms with Gasteiger partial charge in [0.05, 0.1) is 6.61 Å². The highest BCUT2D eigenvalue weighted by atomic mass is 16.6. The van der Waals surface area contributed by atoms with Gasteiger partial charge in [0, 0.05) is 18.2 Å². The maximum absolute atomic E-state index is 11.7. The Hall–Kier alpha value is -1.77. The lowest BCUT2D eigenvalue weighted by Gasteiger charge is -2.25. The van der Waals surface area contributed by atoms with Crippen LogP contribution in [0.1, 0.15) is 13.2 Å². The number of nitrogens with zero attached hydrogens (tertiary/aromatic N) is 2. The summed E-state index contributed by atoms with van der Waals surface area (Å²) >= 11 is 0. The SMILES string of the molecule is C=N[C@]1(CO)O[C@@H](n2ccc(=O)[nH]c2=O)[C@@H](C)[C@@H]1O. The number of aliphatic imine (C=N–C) groups is 1. The van der Waals surface area contributed by atoms with E-state index in [9.17, 15) is 19.8 Å². The minimum Gasteiger partial charge on any atom is -0.391 e. The molecule has 1 aliphatic heterocycles. The zero-order valence-electron chi connectivity index (χ0n) is 10.3. The molecular weight excluding hydrogens is 254 g/mol. The van der Waals surface area contributed by atoms with Crippen LogP contribution >= 0.6 is 0 Å². The third kappa shape index (κ3) is 2.03. The van der Waals surface area contributed by atoms with Crippen LogP contribution in [0.3, 0.4) is 0 Å². The van der Waals surface area contributed by atoms with Gasteiger partial charge in [-0.3, -0.25) is 19.3 Å². The molecule has 2 heterocycles. The molecule has 1 fully saturated rings. The molecule has 1 aliphatic rings. The Morgan fingerprint density at radius 1 is 1.63 bits per heavy atom. The second kappa shape index (κ2) is 4.72. The van der Waals surface area contributed by atoms with Crippen LogP contribution in [-0.2, 0) is 4.74 Å². The number of aromatic amines is 1. The summed E-state index contributed by atoms with van der Waals surface area (Å²) in [6, 6.07) is 1.17. The monoisotopic (exact) mass is 269 g/mol. The van der Waals surface area contributed by atoms with E-state index in [1.807, 2.05) is 0 Å². The van der Waals surface area contributed by atoms with E-state index >= 15 is 0 Å². The van der Waals surface area contributed by atoms with Crippen molar-refractivity contribution >= 4 is 6.72 Å². The Bertz CT molecular complexity index is 594. The first-order valence-corrected chi connectivity index (χ1v) is 5.71. The smallest absolute Gasteiger partial charge is 0.330 e. The van der Waals surface area contributed by atoms with E-state index in [0.717, 1.165) is 4.57 Å². The molecule has 1 aromatic rings. The van der Waals surface area contributed by atoms with Gasteiger partial charge in [0.1, 0.15) is 12.3 Å². The van der Waals surface area contributed by atoms with E-state index in [-0.39, 0.29) is 0 Å². The summed E-state index contributed by atoms with van der Waals surface area (Å²) < 4.78 is 6.63. The predicted molar refractivity (Wildman–Crippen MR) is 66.0 cm³/mol. The number of nitrogens with one attached hydrogen (secondary N) is 1. The maximum atomic E-state index is 11.7. The summed E-state index contributed by atoms with van der Waals surface area (Å²) in [5, 5.41) is 19.4. The minimum absolute atomic E-state index is 0.513. The molecule has 3 N–H and O–H groups in total. The summed E-state index contributed by atoms with van der Waals surface area (Å²) in [6.07, 6.45) is -0.693. The van der Waals surface area contributed by atoms with Crippen molar-refractivity contribution in [3.8, 4) is 0 Å². The number of rotatable bonds is 3. The van der Waals surface area contributed by atoms with E-state index in [1.54, 1.807) is 6.92 Å². The quantitative estimate of drug-likeness (QED) is 0.574. The summed E-state index contributed by atoms with van der Waals surface area (Å²) in [6.45, 7) is 4.38. The van der Waals surface area contributed by atoms with Crippen molar-refractivity contribution in [2.75, 3.05) is 6.61 Å². The average Bonchev–Trinajstić information content (AvgIpc) is 2.64. The molecule has 2 rings (SSSR count). The highest BCUT2D eigenvalue weighted by molar-refractivity contribution is 5.26. The number of aliphatic hydroxyl groups excluding tert-OH is 2. The third-order valence-electron chi connectivity index (χ3n) is 3.35. The van der Waals surface area contributed by atoms with Crippen LogP contribution in [-0.4, -0.2) is 44.9 Å². The topological polar surface area (TPSA) is 117 Å². The average molecular weight is 269 g/mol. The van der Waals surface area contributed by atoms with Crippen LogP contribution in [0.5, 0.6) is 0 Å². The fourth-order valence-corrected chi connectivity index (χ4v) is 2.20. The van der Waals surface area contributed by atoms with Crippen molar-refractivity contribution in [2.45, 2.75) is 25.0 Å². The lowest BCUT2D eigenvalue weighted by molar-refractivity contribution is -0.122. The lowest BCUT2D eigenvalue weighted by Crippen LogP contribution is -2.42. The molecule has 1 saturated heterocycles. The molecule has 0 aromatic carbocycles. The lowest BCUT2D eigenvalue weighted by atomic mass is 9.98. The number of hydrogen-bond donors (Lipinski definition) is 3. The molecule has 8 heteroatoms. The Labute approximate surface area is 108 Å². The number of ether oxygens (including phenoxy) is 1. The Morgan fingerprint density at radius 3 is 2.79 bits per heavy atom. The fraction of sp³-hybridized carbons (Fsp3) is 0.545. The van der Waals surface area contributed by atoms with Crippen molar-refractivity contribution in [3.63, 3.8) is 0 Å². The minimum atomic E-state index is -1.56. The van der Waals surface area contributed by atoms with Crippen LogP contribution in [0.25, 0.3) is 0 Å². The molecular formula is C11H15N3O5. The van der Waals surface area contributed by atoms with Gasteiger partial charge in [-0.15, -0.1) is 0 Å². The van der Waals surface area contributed by atoms with Crippen LogP contribution in [0.2, 0.25) is 0 Å². The largest absolute Gasteiger partial charge is 0.391 e. The predicted octanol–water partition coefficient (Wildman–Crippen LogP) is -1.55. The van der Waals surface area contributed by atoms with Crippen LogP contribution in [0, 0.1) is 5.92 Å². The third-order valence-corrected chi connectivity index (χ3v) is 3.35. The molecule has 0 amide bonds. The molecule has 0 bridgehead atoms. The van der Waals surface area contributed by atoms with Gasteiger partial charge < -0.3 is 14.9 Å². The van der Waals surface area contributed by atoms with Gasteiger partial charge in [0.25, 0.3) is 5.56 Å². The molecule has 1 aromatic heterocycles. The number of H-pyrrole nitrogens is 1. The molecule has 19 heavy (non-hydrogen) atoms. The standard InChI is InChI=1S/C11H15N3O5/c1-6-8(17)11(5-15,12-2)19-9(6)14-4-3-7(16)13-10(14)18/h3-4,6,8-9,15,17H,2,5H2,1H3,(H,13,16,18)/t6-,8-,9+,11+/m0/s1. The van der Waals surface area contributed by atoms with Crippen LogP contribution in [0.15, 0.2) is 26.8 Å². The molecule has 8 nitrogen and oxygen atoms in total. The first-order valence-electron chi connectivity index (χ1n) is 5.71. The van der Waals surface area contributed by atoms with E-state index in [1.165, 1.54) is 12.3 Å². The first-order chi connectivity index (χ1) is 8.95. The summed E-state index contributed by atoms with van der Waals surface area (Å²) in [4.78, 5) is 28.4. The van der Waals surface area contributed by atoms with E-state index in [0.29, 0.717) is 0 Å². The molecule has 0 saturated carbocycles. The van der Waals surface area contributed by atoms with Crippen molar-refractivity contribution in [1.29, 1.82) is 0 Å². The molecule has 0 unspecified atom stereocenters. The van der Waals surface area contributed by atoms with Gasteiger partial charge >= 0.3 is 5.69 Å². The summed E-state index contributed by atoms with van der Waals surface area (Å²) in [5.41, 5.74) is -2.74. The van der Waals surface area contributed by atoms with E-state index in [2.05, 4.69) is 16.7 Å². The fourth-order valence-electron chi connectivity index (χ4n) is 2.20. The number of aromatic nitrogens is 2. The van der Waals surface area contributed by atoms with E-state index in [4.69, 9.17) is 4.74 Å². The van der Waals surface area contributed by atoms with Crippen LogP contribution < -0.4 is 11.2 Å². The van der Waals surface area contributed by atoms with Gasteiger partial charge in [0.2, 0.25) is 5.72 Å². The Morgan fingerprint density at radius 2 is 2.32 bits per heavy atom. The first kappa shape index (κ1) is 13.7. The number of aliphatic hydroxyl groups is 2. The second-order valence-electron chi connectivity index (χ2n) is 4.49. The second-order valence-corrected chi connectivity index (χ2v) is 4.49. The van der Waals surface area contributed by atoms with Crippen molar-refractivity contribution in [2.24, 2.45) is 10.9 Å². The van der Waals surface area contributed by atoms with Gasteiger partial charge in [-0.25, -0.2) is 4.79 Å². The molecule has 104 valence electrons. The van der Waals surface area contributed by atoms with Gasteiger partial charge in [-0.2, -0.15) is 0 Å². The molecule has 0 aliphatic carbocycles. The highest BCUT2D eigenvalue weighted by Gasteiger charge is 2.53. The van der Waals surface area contributed by atoms with Gasteiger partial charge in [-0.1, -0.05) is 6.92 Å². The molecule has 0 spiro atoms. The van der Waals surface area contributed by atoms with Gasteiger partial charge in [-0.05, 0) is 6.72 Å². The zero-order valence-corrected chi connectivity index (χ0v) is 10.3. The van der Waals surface area contributed by atoms with Crippen molar-refractivity contribution in [1.82, 2.24) is 9.55 Å². The Balaban J connectivity index is 2.45. The van der Waals surface area contributed by atoms with Gasteiger partial charge in [0.15, 0.2) is 0 Å². The summed E-state index contributed by atoms with van der Waals surface area (Å²) in [7, 11) is 0. The van der Waals surface area contributed by atoms with E-state index < -0.39 is 41.8 Å². The normalized spacial score (nSPS) is 34.4. The van der Waals surface area contributed by atoms with Crippen molar-refractivity contribution in [3.05, 3.63) is 33.1 Å². The number of hydrogen-bond acceptors (Lipinski definition) is 6. The van der Waals surface area contributed by atoms with Crippen molar-refractivity contribution < 1.29 is 14.9 Å². The molecule has 0 radical (unpaired) electrons. The maximum Gasteiger partial charge on any atom is 0.330 e. The zero-order chi connectivity index (χ0) is 14.2. The van der Waals surface area contributed by atoms with Crippen LogP contribution in [0.4, 0.5) is 0 Å². The summed E-state index contributed by atoms with van der Waals surface area (Å²) in [5.74, 6) is -0.513. The highest BCUT2D eigenvalue weighted by Crippen LogP contribution is 2.40.